The van der Waals surface area contributed by atoms with Gasteiger partial charge in [0.15, 0.2) is 0 Å². The number of hydrogen-bond donors (Lipinski definition) is 0. The maximum Gasteiger partial charge on any atom is 0.409 e. The van der Waals surface area contributed by atoms with Crippen molar-refractivity contribution in [1.29, 1.82) is 0 Å². The van der Waals surface area contributed by atoms with Gasteiger partial charge >= 0.3 is 6.18 Å². The van der Waals surface area contributed by atoms with E-state index in [2.05, 4.69) is 0 Å². The average Bonchev–Trinajstić information content (AvgIpc) is 2.88. The highest BCUT2D eigenvalue weighted by atomic mass is 35.5. The molecule has 3 aromatic carbocycles. The van der Waals surface area contributed by atoms with Crippen LogP contribution in [0.5, 0.6) is 5.75 Å². The van der Waals surface area contributed by atoms with Crippen LogP contribution in [0.4, 0.5) is 28.9 Å². The number of amides is 2. The van der Waals surface area contributed by atoms with Crippen LogP contribution in [0, 0.1) is 5.82 Å². The Hall–Kier alpha value is -3.59. The number of anilines is 2. The van der Waals surface area contributed by atoms with Gasteiger partial charge in [-0.25, -0.2) is 4.39 Å². The molecule has 0 bridgehead atoms. The minimum absolute atomic E-state index is 0.0171. The first-order chi connectivity index (χ1) is 17.5. The number of benzene rings is 3. The van der Waals surface area contributed by atoms with Crippen molar-refractivity contribution < 1.29 is 31.9 Å². The lowest BCUT2D eigenvalue weighted by Crippen LogP contribution is -2.55. The van der Waals surface area contributed by atoms with Gasteiger partial charge in [0.05, 0.1) is 18.8 Å². The van der Waals surface area contributed by atoms with Crippen molar-refractivity contribution >= 4 is 34.8 Å². The molecule has 1 aliphatic heterocycles. The largest absolute Gasteiger partial charge is 0.497 e. The van der Waals surface area contributed by atoms with Crippen LogP contribution in [-0.2, 0) is 4.79 Å². The fourth-order valence-corrected chi connectivity index (χ4v) is 4.66. The second kappa shape index (κ2) is 10.4. The number of carbonyl (C=O) groups is 2. The van der Waals surface area contributed by atoms with Gasteiger partial charge < -0.3 is 9.64 Å². The number of fused-ring (bicyclic) bond motifs is 1. The van der Waals surface area contributed by atoms with Gasteiger partial charge in [0.2, 0.25) is 5.91 Å². The molecule has 5 nitrogen and oxygen atoms in total. The van der Waals surface area contributed by atoms with Crippen LogP contribution in [0.1, 0.15) is 41.7 Å². The van der Waals surface area contributed by atoms with Crippen LogP contribution < -0.4 is 14.5 Å². The van der Waals surface area contributed by atoms with Crippen molar-refractivity contribution in [1.82, 2.24) is 0 Å². The fraction of sp³-hybridized carbons (Fsp3) is 0.259. The third kappa shape index (κ3) is 5.27. The summed E-state index contributed by atoms with van der Waals surface area (Å²) in [4.78, 5) is 28.6. The molecule has 2 unspecified atom stereocenters. The molecule has 0 fully saturated rings. The first-order valence-electron chi connectivity index (χ1n) is 11.5. The zero-order valence-corrected chi connectivity index (χ0v) is 20.7. The summed E-state index contributed by atoms with van der Waals surface area (Å²) in [6.45, 7) is 1.62. The monoisotopic (exact) mass is 534 g/mol. The Labute approximate surface area is 216 Å². The van der Waals surface area contributed by atoms with Gasteiger partial charge in [-0.1, -0.05) is 18.5 Å². The average molecular weight is 535 g/mol. The van der Waals surface area contributed by atoms with E-state index in [0.29, 0.717) is 26.9 Å². The van der Waals surface area contributed by atoms with E-state index in [-0.39, 0.29) is 17.7 Å². The van der Waals surface area contributed by atoms with E-state index < -0.39 is 42.3 Å². The van der Waals surface area contributed by atoms with E-state index >= 15 is 0 Å². The fourth-order valence-electron chi connectivity index (χ4n) is 4.53. The Morgan fingerprint density at radius 2 is 1.70 bits per heavy atom. The number of ether oxygens (including phenoxy) is 1. The van der Waals surface area contributed by atoms with Crippen molar-refractivity contribution in [2.24, 2.45) is 0 Å². The van der Waals surface area contributed by atoms with E-state index in [1.165, 1.54) is 30.2 Å². The first kappa shape index (κ1) is 26.5. The van der Waals surface area contributed by atoms with Crippen molar-refractivity contribution in [2.45, 2.75) is 38.0 Å². The Morgan fingerprint density at radius 1 is 1.05 bits per heavy atom. The van der Waals surface area contributed by atoms with Gasteiger partial charge in [0.25, 0.3) is 5.91 Å². The zero-order valence-electron chi connectivity index (χ0n) is 19.9. The Balaban J connectivity index is 1.93. The van der Waals surface area contributed by atoms with E-state index in [0.717, 1.165) is 24.3 Å². The minimum Gasteiger partial charge on any atom is -0.497 e. The molecule has 1 heterocycles. The molecule has 0 aliphatic carbocycles. The number of hydrogen-bond acceptors (Lipinski definition) is 3. The standard InChI is InChI=1S/C27H23ClF4N2O3/c1-3-25(35)33(19-10-6-17(28)7-11-19)23-15-24(27(30,31)32)34(22-13-12-20(37-2)14-21(22)23)26(36)16-4-8-18(29)9-5-16/h4-14,23-24H,3,15H2,1-2H3. The predicted molar refractivity (Wildman–Crippen MR) is 133 cm³/mol. The summed E-state index contributed by atoms with van der Waals surface area (Å²) in [6.07, 6.45) is -5.41. The molecule has 37 heavy (non-hydrogen) atoms. The molecule has 2 amide bonds. The highest BCUT2D eigenvalue weighted by Crippen LogP contribution is 2.48. The molecular formula is C27H23ClF4N2O3. The van der Waals surface area contributed by atoms with Crippen LogP contribution >= 0.6 is 11.6 Å². The summed E-state index contributed by atoms with van der Waals surface area (Å²) in [5.74, 6) is -1.61. The van der Waals surface area contributed by atoms with Crippen LogP contribution in [0.25, 0.3) is 0 Å². The second-order valence-electron chi connectivity index (χ2n) is 8.51. The smallest absolute Gasteiger partial charge is 0.409 e. The summed E-state index contributed by atoms with van der Waals surface area (Å²) in [7, 11) is 1.41. The molecule has 1 aliphatic rings. The molecule has 0 saturated carbocycles. The third-order valence-corrected chi connectivity index (χ3v) is 6.54. The summed E-state index contributed by atoms with van der Waals surface area (Å²) >= 11 is 6.00. The second-order valence-corrected chi connectivity index (χ2v) is 8.95. The lowest BCUT2D eigenvalue weighted by atomic mass is 9.88. The van der Waals surface area contributed by atoms with E-state index in [4.69, 9.17) is 16.3 Å². The molecule has 194 valence electrons. The molecule has 2 atom stereocenters. The molecular weight excluding hydrogens is 512 g/mol. The maximum atomic E-state index is 14.5. The Bertz CT molecular complexity index is 1300. The Kier molecular flexibility index (Phi) is 7.45. The minimum atomic E-state index is -4.83. The highest BCUT2D eigenvalue weighted by molar-refractivity contribution is 6.30. The van der Waals surface area contributed by atoms with Crippen LogP contribution in [-0.4, -0.2) is 31.1 Å². The quantitative estimate of drug-likeness (QED) is 0.333. The van der Waals surface area contributed by atoms with Gasteiger partial charge in [-0.05, 0) is 66.7 Å². The molecule has 4 rings (SSSR count). The van der Waals surface area contributed by atoms with E-state index in [1.807, 2.05) is 0 Å². The van der Waals surface area contributed by atoms with E-state index in [9.17, 15) is 27.2 Å². The molecule has 10 heteroatoms. The molecule has 0 N–H and O–H groups in total. The molecule has 3 aromatic rings. The topological polar surface area (TPSA) is 49.9 Å². The van der Waals surface area contributed by atoms with Crippen LogP contribution in [0.15, 0.2) is 66.7 Å². The van der Waals surface area contributed by atoms with Gasteiger partial charge in [-0.3, -0.25) is 14.5 Å². The number of halogens is 5. The lowest BCUT2D eigenvalue weighted by Gasteiger charge is -2.45. The highest BCUT2D eigenvalue weighted by Gasteiger charge is 2.52. The number of carbonyl (C=O) groups excluding carboxylic acids is 2. The summed E-state index contributed by atoms with van der Waals surface area (Å²) in [5, 5.41) is 0.405. The molecule has 0 spiro atoms. The Morgan fingerprint density at radius 3 is 2.27 bits per heavy atom. The maximum absolute atomic E-state index is 14.5. The SMILES string of the molecule is CCC(=O)N(c1ccc(Cl)cc1)C1CC(C(F)(F)F)N(C(=O)c2ccc(F)cc2)c2ccc(OC)cc21. The number of alkyl halides is 3. The van der Waals surface area contributed by atoms with Crippen molar-refractivity contribution in [3.05, 3.63) is 88.7 Å². The third-order valence-electron chi connectivity index (χ3n) is 6.29. The zero-order chi connectivity index (χ0) is 26.9. The first-order valence-corrected chi connectivity index (χ1v) is 11.8. The predicted octanol–water partition coefficient (Wildman–Crippen LogP) is 6.95. The van der Waals surface area contributed by atoms with Gasteiger partial charge in [-0.2, -0.15) is 13.2 Å². The molecule has 0 radical (unpaired) electrons. The van der Waals surface area contributed by atoms with Gasteiger partial charge in [-0.15, -0.1) is 0 Å². The summed E-state index contributed by atoms with van der Waals surface area (Å²) in [6, 6.07) is 11.6. The number of methoxy groups -OCH3 is 1. The molecule has 0 aromatic heterocycles. The lowest BCUT2D eigenvalue weighted by molar-refractivity contribution is -0.151. The van der Waals surface area contributed by atoms with Gasteiger partial charge in [0, 0.05) is 34.7 Å². The summed E-state index contributed by atoms with van der Waals surface area (Å²) in [5.41, 5.74) is 0.563. The number of nitrogens with zero attached hydrogens (tertiary/aromatic N) is 2. The van der Waals surface area contributed by atoms with Crippen molar-refractivity contribution in [3.8, 4) is 5.75 Å². The van der Waals surface area contributed by atoms with Crippen LogP contribution in [0.3, 0.4) is 0 Å². The van der Waals surface area contributed by atoms with E-state index in [1.54, 1.807) is 31.2 Å². The van der Waals surface area contributed by atoms with Crippen molar-refractivity contribution in [2.75, 3.05) is 16.9 Å². The molecule has 0 saturated heterocycles. The summed E-state index contributed by atoms with van der Waals surface area (Å²) < 4.78 is 62.4. The number of rotatable bonds is 5. The van der Waals surface area contributed by atoms with Crippen LogP contribution in [0.2, 0.25) is 5.02 Å². The normalized spacial score (nSPS) is 17.2. The van der Waals surface area contributed by atoms with Gasteiger partial charge in [0.1, 0.15) is 17.6 Å². The van der Waals surface area contributed by atoms with Crippen molar-refractivity contribution in [3.63, 3.8) is 0 Å².